The standard InChI is InChI=1S/C26H30N4O2/c1-28(2)15-16-29-19-23-26(12-11-24(29)31,22-9-4-3-5-10-22)13-14-30(23)25(32)21-8-6-7-20(17-21)18-27/h3-10,17,23H,11-16,19H2,1-2H3/t23-,26+/m1/s1. The number of hydrogen-bond acceptors (Lipinski definition) is 4. The van der Waals surface area contributed by atoms with Gasteiger partial charge in [-0.05, 0) is 50.7 Å². The second kappa shape index (κ2) is 9.13. The molecule has 6 heteroatoms. The summed E-state index contributed by atoms with van der Waals surface area (Å²) in [4.78, 5) is 32.6. The van der Waals surface area contributed by atoms with Crippen LogP contribution in [0.1, 0.15) is 40.7 Å². The zero-order valence-corrected chi connectivity index (χ0v) is 18.8. The van der Waals surface area contributed by atoms with Gasteiger partial charge in [-0.25, -0.2) is 0 Å². The summed E-state index contributed by atoms with van der Waals surface area (Å²) in [7, 11) is 4.01. The quantitative estimate of drug-likeness (QED) is 0.732. The van der Waals surface area contributed by atoms with Gasteiger partial charge in [0.2, 0.25) is 5.91 Å². The van der Waals surface area contributed by atoms with Crippen molar-refractivity contribution in [3.05, 3.63) is 71.3 Å². The van der Waals surface area contributed by atoms with Crippen molar-refractivity contribution >= 4 is 11.8 Å². The Balaban J connectivity index is 1.72. The van der Waals surface area contributed by atoms with Crippen molar-refractivity contribution in [1.29, 1.82) is 5.26 Å². The van der Waals surface area contributed by atoms with Gasteiger partial charge in [0.25, 0.3) is 5.91 Å². The molecule has 6 nitrogen and oxygen atoms in total. The third-order valence-corrected chi connectivity index (χ3v) is 7.01. The van der Waals surface area contributed by atoms with Crippen LogP contribution in [0.15, 0.2) is 54.6 Å². The zero-order chi connectivity index (χ0) is 22.7. The minimum absolute atomic E-state index is 0.0631. The first-order valence-corrected chi connectivity index (χ1v) is 11.2. The molecule has 2 aromatic carbocycles. The Bertz CT molecular complexity index is 1030. The van der Waals surface area contributed by atoms with Crippen molar-refractivity contribution in [2.45, 2.75) is 30.7 Å². The van der Waals surface area contributed by atoms with Crippen molar-refractivity contribution in [2.75, 3.05) is 40.3 Å². The van der Waals surface area contributed by atoms with E-state index < -0.39 is 0 Å². The van der Waals surface area contributed by atoms with Crippen LogP contribution in [0.2, 0.25) is 0 Å². The summed E-state index contributed by atoms with van der Waals surface area (Å²) in [6.07, 6.45) is 2.06. The Morgan fingerprint density at radius 1 is 1.16 bits per heavy atom. The van der Waals surface area contributed by atoms with Crippen LogP contribution in [0.25, 0.3) is 0 Å². The summed E-state index contributed by atoms with van der Waals surface area (Å²) in [6, 6.07) is 19.3. The maximum absolute atomic E-state index is 13.6. The molecule has 0 bridgehead atoms. The van der Waals surface area contributed by atoms with Gasteiger partial charge in [-0.2, -0.15) is 5.26 Å². The number of rotatable bonds is 5. The van der Waals surface area contributed by atoms with Gasteiger partial charge in [-0.3, -0.25) is 9.59 Å². The molecule has 2 saturated heterocycles. The first kappa shape index (κ1) is 22.0. The van der Waals surface area contributed by atoms with E-state index in [1.165, 1.54) is 5.56 Å². The second-order valence-electron chi connectivity index (χ2n) is 9.12. The Morgan fingerprint density at radius 2 is 1.94 bits per heavy atom. The first-order chi connectivity index (χ1) is 15.4. The lowest BCUT2D eigenvalue weighted by Crippen LogP contribution is -2.51. The van der Waals surface area contributed by atoms with Gasteiger partial charge in [-0.1, -0.05) is 36.4 Å². The number of carbonyl (C=O) groups is 2. The van der Waals surface area contributed by atoms with E-state index in [4.69, 9.17) is 0 Å². The zero-order valence-electron chi connectivity index (χ0n) is 18.8. The van der Waals surface area contributed by atoms with Crippen LogP contribution in [-0.4, -0.2) is 72.8 Å². The number of likely N-dealkylation sites (N-methyl/N-ethyl adjacent to an activating group) is 1. The van der Waals surface area contributed by atoms with E-state index in [1.54, 1.807) is 24.3 Å². The predicted octanol–water partition coefficient (Wildman–Crippen LogP) is 2.89. The molecule has 0 aliphatic carbocycles. The smallest absolute Gasteiger partial charge is 0.254 e. The second-order valence-corrected chi connectivity index (χ2v) is 9.12. The fraction of sp³-hybridized carbons (Fsp3) is 0.423. The molecule has 0 unspecified atom stereocenters. The minimum atomic E-state index is -0.244. The fourth-order valence-corrected chi connectivity index (χ4v) is 5.22. The largest absolute Gasteiger partial charge is 0.339 e. The van der Waals surface area contributed by atoms with E-state index in [-0.39, 0.29) is 23.3 Å². The lowest BCUT2D eigenvalue weighted by atomic mass is 9.71. The Kier molecular flexibility index (Phi) is 6.29. The van der Waals surface area contributed by atoms with Gasteiger partial charge in [0.1, 0.15) is 0 Å². The molecule has 0 N–H and O–H groups in total. The number of hydrogen-bond donors (Lipinski definition) is 0. The molecule has 0 saturated carbocycles. The summed E-state index contributed by atoms with van der Waals surface area (Å²) in [5.41, 5.74) is 1.97. The van der Waals surface area contributed by atoms with Crippen LogP contribution in [0, 0.1) is 11.3 Å². The number of amides is 2. The minimum Gasteiger partial charge on any atom is -0.339 e. The highest BCUT2D eigenvalue weighted by Crippen LogP contribution is 2.46. The summed E-state index contributed by atoms with van der Waals surface area (Å²) >= 11 is 0. The van der Waals surface area contributed by atoms with E-state index in [2.05, 4.69) is 23.1 Å². The molecule has 32 heavy (non-hydrogen) atoms. The molecule has 0 radical (unpaired) electrons. The maximum atomic E-state index is 13.6. The van der Waals surface area contributed by atoms with Gasteiger partial charge in [0, 0.05) is 43.6 Å². The highest BCUT2D eigenvalue weighted by molar-refractivity contribution is 5.95. The van der Waals surface area contributed by atoms with E-state index in [9.17, 15) is 14.9 Å². The van der Waals surface area contributed by atoms with Crippen molar-refractivity contribution in [3.63, 3.8) is 0 Å². The van der Waals surface area contributed by atoms with Gasteiger partial charge in [0.15, 0.2) is 0 Å². The summed E-state index contributed by atoms with van der Waals surface area (Å²) in [6.45, 7) is 2.62. The molecule has 4 rings (SSSR count). The molecule has 2 aromatic rings. The van der Waals surface area contributed by atoms with Crippen LogP contribution in [0.3, 0.4) is 0 Å². The van der Waals surface area contributed by atoms with Crippen molar-refractivity contribution in [3.8, 4) is 6.07 Å². The molecule has 166 valence electrons. The molecule has 2 heterocycles. The highest BCUT2D eigenvalue weighted by Gasteiger charge is 2.52. The SMILES string of the molecule is CN(C)CCN1C[C@H]2N(C(=O)c3cccc(C#N)c3)CC[C@]2(c2ccccc2)CCC1=O. The lowest BCUT2D eigenvalue weighted by molar-refractivity contribution is -0.131. The Labute approximate surface area is 190 Å². The number of benzene rings is 2. The van der Waals surface area contributed by atoms with Crippen LogP contribution in [0.4, 0.5) is 0 Å². The van der Waals surface area contributed by atoms with Crippen molar-refractivity contribution in [2.24, 2.45) is 0 Å². The molecular weight excluding hydrogens is 400 g/mol. The molecule has 2 aliphatic rings. The predicted molar refractivity (Wildman–Crippen MR) is 123 cm³/mol. The van der Waals surface area contributed by atoms with Crippen LogP contribution in [0.5, 0.6) is 0 Å². The summed E-state index contributed by atoms with van der Waals surface area (Å²) < 4.78 is 0. The van der Waals surface area contributed by atoms with Crippen LogP contribution < -0.4 is 0 Å². The van der Waals surface area contributed by atoms with Crippen LogP contribution in [-0.2, 0) is 10.2 Å². The lowest BCUT2D eigenvalue weighted by Gasteiger charge is -2.38. The monoisotopic (exact) mass is 430 g/mol. The molecule has 2 fully saturated rings. The third-order valence-electron chi connectivity index (χ3n) is 7.01. The Hall–Kier alpha value is -3.17. The van der Waals surface area contributed by atoms with Crippen molar-refractivity contribution in [1.82, 2.24) is 14.7 Å². The summed E-state index contributed by atoms with van der Waals surface area (Å²) in [5.74, 6) is 0.0993. The number of carbonyl (C=O) groups excluding carboxylic acids is 2. The van der Waals surface area contributed by atoms with Crippen LogP contribution >= 0.6 is 0 Å². The number of nitriles is 1. The Morgan fingerprint density at radius 3 is 2.66 bits per heavy atom. The fourth-order valence-electron chi connectivity index (χ4n) is 5.22. The maximum Gasteiger partial charge on any atom is 0.254 e. The molecule has 2 atom stereocenters. The van der Waals surface area contributed by atoms with Gasteiger partial charge in [0.05, 0.1) is 17.7 Å². The van der Waals surface area contributed by atoms with E-state index >= 15 is 0 Å². The number of fused-ring (bicyclic) bond motifs is 1. The highest BCUT2D eigenvalue weighted by atomic mass is 16.2. The van der Waals surface area contributed by atoms with Crippen molar-refractivity contribution < 1.29 is 9.59 Å². The number of nitrogens with zero attached hydrogens (tertiary/aromatic N) is 4. The molecule has 2 aliphatic heterocycles. The van der Waals surface area contributed by atoms with E-state index in [0.717, 1.165) is 19.4 Å². The van der Waals surface area contributed by atoms with Gasteiger partial charge in [-0.15, -0.1) is 0 Å². The van der Waals surface area contributed by atoms with E-state index in [0.29, 0.717) is 37.2 Å². The molecule has 2 amide bonds. The molecular formula is C26H30N4O2. The first-order valence-electron chi connectivity index (χ1n) is 11.2. The molecule has 0 spiro atoms. The summed E-state index contributed by atoms with van der Waals surface area (Å²) in [5, 5.41) is 9.27. The van der Waals surface area contributed by atoms with Gasteiger partial charge >= 0.3 is 0 Å². The normalized spacial score (nSPS) is 23.1. The van der Waals surface area contributed by atoms with E-state index in [1.807, 2.05) is 42.1 Å². The average molecular weight is 431 g/mol. The topological polar surface area (TPSA) is 67.7 Å². The van der Waals surface area contributed by atoms with Gasteiger partial charge < -0.3 is 14.7 Å². The third kappa shape index (κ3) is 4.13. The number of likely N-dealkylation sites (tertiary alicyclic amines) is 2. The average Bonchev–Trinajstić information content (AvgIpc) is 3.12. The molecule has 0 aromatic heterocycles.